The molecule has 0 spiro atoms. The number of halogens is 1. The number of benzene rings is 3. The predicted molar refractivity (Wildman–Crippen MR) is 123 cm³/mol. The Labute approximate surface area is 185 Å². The highest BCUT2D eigenvalue weighted by atomic mass is 19.1. The van der Waals surface area contributed by atoms with Gasteiger partial charge in [0, 0.05) is 34.8 Å². The van der Waals surface area contributed by atoms with Crippen LogP contribution in [0.25, 0.3) is 17.0 Å². The molecule has 0 unspecified atom stereocenters. The minimum absolute atomic E-state index is 0.0251. The van der Waals surface area contributed by atoms with Gasteiger partial charge in [0.1, 0.15) is 11.5 Å². The first-order valence-corrected chi connectivity index (χ1v) is 10.3. The number of carbonyl (C=O) groups excluding carboxylic acids is 2. The van der Waals surface area contributed by atoms with Crippen LogP contribution in [0.4, 0.5) is 4.39 Å². The maximum absolute atomic E-state index is 14.2. The van der Waals surface area contributed by atoms with Crippen molar-refractivity contribution in [3.8, 4) is 0 Å². The lowest BCUT2D eigenvalue weighted by Crippen LogP contribution is -2.35. The van der Waals surface area contributed by atoms with Crippen molar-refractivity contribution < 1.29 is 14.0 Å². The quantitative estimate of drug-likeness (QED) is 0.382. The van der Waals surface area contributed by atoms with E-state index < -0.39 is 17.6 Å². The van der Waals surface area contributed by atoms with E-state index in [-0.39, 0.29) is 11.3 Å². The van der Waals surface area contributed by atoms with E-state index in [1.54, 1.807) is 48.5 Å². The highest BCUT2D eigenvalue weighted by Crippen LogP contribution is 2.18. The van der Waals surface area contributed by atoms with Crippen molar-refractivity contribution in [3.05, 3.63) is 113 Å². The molecule has 32 heavy (non-hydrogen) atoms. The van der Waals surface area contributed by atoms with Crippen molar-refractivity contribution in [2.45, 2.75) is 6.42 Å². The summed E-state index contributed by atoms with van der Waals surface area (Å²) < 4.78 is 14.2. The fourth-order valence-electron chi connectivity index (χ4n) is 3.43. The Morgan fingerprint density at radius 2 is 1.62 bits per heavy atom. The van der Waals surface area contributed by atoms with Crippen molar-refractivity contribution in [3.63, 3.8) is 0 Å². The average Bonchev–Trinajstić information content (AvgIpc) is 3.23. The maximum Gasteiger partial charge on any atom is 0.267 e. The zero-order valence-corrected chi connectivity index (χ0v) is 17.3. The van der Waals surface area contributed by atoms with Gasteiger partial charge >= 0.3 is 0 Å². The number of aromatic nitrogens is 1. The molecule has 0 radical (unpaired) electrons. The highest BCUT2D eigenvalue weighted by Gasteiger charge is 2.15. The minimum Gasteiger partial charge on any atom is -0.361 e. The largest absolute Gasteiger partial charge is 0.361 e. The van der Waals surface area contributed by atoms with Gasteiger partial charge in [-0.25, -0.2) is 4.39 Å². The number of carbonyl (C=O) groups is 2. The lowest BCUT2D eigenvalue weighted by molar-refractivity contribution is -0.117. The van der Waals surface area contributed by atoms with Gasteiger partial charge in [0.05, 0.1) is 0 Å². The van der Waals surface area contributed by atoms with Gasteiger partial charge in [0.2, 0.25) is 0 Å². The summed E-state index contributed by atoms with van der Waals surface area (Å²) in [6, 6.07) is 22.6. The Morgan fingerprint density at radius 1 is 0.906 bits per heavy atom. The van der Waals surface area contributed by atoms with Gasteiger partial charge in [-0.3, -0.25) is 9.59 Å². The number of aromatic amines is 1. The highest BCUT2D eigenvalue weighted by molar-refractivity contribution is 6.05. The second kappa shape index (κ2) is 9.75. The zero-order valence-electron chi connectivity index (χ0n) is 17.3. The number of amides is 2. The third kappa shape index (κ3) is 4.92. The van der Waals surface area contributed by atoms with Crippen LogP contribution in [0.1, 0.15) is 21.5 Å². The standard InChI is InChI=1S/C26H22FN3O2/c27-22-12-6-4-10-19(22)16-24(30-25(31)18-8-2-1-3-9-18)26(32)28-15-14-20-17-29-23-13-7-5-11-21(20)23/h1-13,16-17,29H,14-15H2,(H,28,32)(H,30,31)/b24-16+. The Morgan fingerprint density at radius 3 is 2.44 bits per heavy atom. The van der Waals surface area contributed by atoms with Gasteiger partial charge in [-0.15, -0.1) is 0 Å². The number of fused-ring (bicyclic) bond motifs is 1. The SMILES string of the molecule is O=C(NCCc1c[nH]c2ccccc12)/C(=C\c1ccccc1F)NC(=O)c1ccccc1. The van der Waals surface area contributed by atoms with Crippen molar-refractivity contribution in [2.75, 3.05) is 6.54 Å². The number of rotatable bonds is 7. The maximum atomic E-state index is 14.2. The summed E-state index contributed by atoms with van der Waals surface area (Å²) in [6.07, 6.45) is 3.87. The molecule has 160 valence electrons. The van der Waals surface area contributed by atoms with Crippen molar-refractivity contribution in [1.29, 1.82) is 0 Å². The fourth-order valence-corrected chi connectivity index (χ4v) is 3.43. The van der Waals surface area contributed by atoms with Gasteiger partial charge in [-0.2, -0.15) is 0 Å². The monoisotopic (exact) mass is 427 g/mol. The predicted octanol–water partition coefficient (Wildman–Crippen LogP) is 4.44. The van der Waals surface area contributed by atoms with Crippen LogP contribution < -0.4 is 10.6 Å². The van der Waals surface area contributed by atoms with Crippen LogP contribution >= 0.6 is 0 Å². The van der Waals surface area contributed by atoms with Gasteiger partial charge in [-0.05, 0) is 42.3 Å². The van der Waals surface area contributed by atoms with E-state index in [4.69, 9.17) is 0 Å². The molecule has 0 bridgehead atoms. The van der Waals surface area contributed by atoms with E-state index in [0.717, 1.165) is 16.5 Å². The zero-order chi connectivity index (χ0) is 22.3. The summed E-state index contributed by atoms with van der Waals surface area (Å²) in [5.74, 6) is -1.41. The van der Waals surface area contributed by atoms with Crippen molar-refractivity contribution >= 4 is 28.8 Å². The molecular weight excluding hydrogens is 405 g/mol. The average molecular weight is 427 g/mol. The summed E-state index contributed by atoms with van der Waals surface area (Å²) >= 11 is 0. The lowest BCUT2D eigenvalue weighted by Gasteiger charge is -2.11. The van der Waals surface area contributed by atoms with E-state index >= 15 is 0 Å². The topological polar surface area (TPSA) is 74.0 Å². The molecule has 0 atom stereocenters. The van der Waals surface area contributed by atoms with Gasteiger partial charge in [0.15, 0.2) is 0 Å². The first-order chi connectivity index (χ1) is 15.6. The number of hydrogen-bond acceptors (Lipinski definition) is 2. The summed E-state index contributed by atoms with van der Waals surface area (Å²) in [6.45, 7) is 0.358. The third-order valence-electron chi connectivity index (χ3n) is 5.09. The molecule has 4 aromatic rings. The van der Waals surface area contributed by atoms with E-state index in [2.05, 4.69) is 15.6 Å². The van der Waals surface area contributed by atoms with Gasteiger partial charge in [0.25, 0.3) is 11.8 Å². The molecule has 0 fully saturated rings. The second-order valence-electron chi connectivity index (χ2n) is 7.27. The number of hydrogen-bond donors (Lipinski definition) is 3. The van der Waals surface area contributed by atoms with Crippen LogP contribution in [0.15, 0.2) is 90.8 Å². The van der Waals surface area contributed by atoms with Crippen molar-refractivity contribution in [2.24, 2.45) is 0 Å². The molecule has 5 nitrogen and oxygen atoms in total. The molecule has 0 aliphatic carbocycles. The minimum atomic E-state index is -0.489. The molecule has 0 aliphatic rings. The smallest absolute Gasteiger partial charge is 0.267 e. The Bertz CT molecular complexity index is 1280. The normalized spacial score (nSPS) is 11.3. The van der Waals surface area contributed by atoms with Gasteiger partial charge in [-0.1, -0.05) is 54.6 Å². The first kappa shape index (κ1) is 21.1. The molecule has 1 heterocycles. The van der Waals surface area contributed by atoms with E-state index in [0.29, 0.717) is 18.5 Å². The number of H-pyrrole nitrogens is 1. The molecule has 2 amide bonds. The molecular formula is C26H22FN3O2. The van der Waals surface area contributed by atoms with E-state index in [9.17, 15) is 14.0 Å². The van der Waals surface area contributed by atoms with Crippen LogP contribution in [0, 0.1) is 5.82 Å². The van der Waals surface area contributed by atoms with E-state index in [1.165, 1.54) is 12.1 Å². The third-order valence-corrected chi connectivity index (χ3v) is 5.09. The number of nitrogens with one attached hydrogen (secondary N) is 3. The summed E-state index contributed by atoms with van der Waals surface area (Å²) in [5, 5.41) is 6.54. The van der Waals surface area contributed by atoms with Crippen LogP contribution in [0.2, 0.25) is 0 Å². The molecule has 0 aliphatic heterocycles. The Balaban J connectivity index is 1.50. The molecule has 4 rings (SSSR count). The second-order valence-corrected chi connectivity index (χ2v) is 7.27. The molecule has 1 aromatic heterocycles. The van der Waals surface area contributed by atoms with Crippen LogP contribution in [0.3, 0.4) is 0 Å². The van der Waals surface area contributed by atoms with E-state index in [1.807, 2.05) is 30.5 Å². The molecule has 0 saturated carbocycles. The molecule has 6 heteroatoms. The van der Waals surface area contributed by atoms with Crippen LogP contribution in [0.5, 0.6) is 0 Å². The van der Waals surface area contributed by atoms with Crippen molar-refractivity contribution in [1.82, 2.24) is 15.6 Å². The van der Waals surface area contributed by atoms with Gasteiger partial charge < -0.3 is 15.6 Å². The lowest BCUT2D eigenvalue weighted by atomic mass is 10.1. The molecule has 3 N–H and O–H groups in total. The summed E-state index contributed by atoms with van der Waals surface area (Å²) in [7, 11) is 0. The summed E-state index contributed by atoms with van der Waals surface area (Å²) in [5.41, 5.74) is 2.70. The molecule has 0 saturated heterocycles. The van der Waals surface area contributed by atoms with Crippen LogP contribution in [-0.2, 0) is 11.2 Å². The summed E-state index contributed by atoms with van der Waals surface area (Å²) in [4.78, 5) is 28.7. The van der Waals surface area contributed by atoms with Crippen LogP contribution in [-0.4, -0.2) is 23.3 Å². The Kier molecular flexibility index (Phi) is 6.41. The number of para-hydroxylation sites is 1. The Hall–Kier alpha value is -4.19. The molecule has 3 aromatic carbocycles. The first-order valence-electron chi connectivity index (χ1n) is 10.3. The fraction of sp³-hybridized carbons (Fsp3) is 0.0769.